The first-order chi connectivity index (χ1) is 12.2. The monoisotopic (exact) mass is 358 g/mol. The Morgan fingerprint density at radius 1 is 1.31 bits per heavy atom. The van der Waals surface area contributed by atoms with E-state index in [-0.39, 0.29) is 22.9 Å². The maximum atomic E-state index is 11.6. The molecule has 2 N–H and O–H groups in total. The van der Waals surface area contributed by atoms with Crippen LogP contribution in [0.2, 0.25) is 0 Å². The lowest BCUT2D eigenvalue weighted by atomic mass is 9.84. The molecule has 0 unspecified atom stereocenters. The third-order valence-electron chi connectivity index (χ3n) is 5.20. The smallest absolute Gasteiger partial charge is 0.407 e. The van der Waals surface area contributed by atoms with E-state index in [1.54, 1.807) is 0 Å². The van der Waals surface area contributed by atoms with Crippen LogP contribution < -0.4 is 5.56 Å². The molecule has 0 saturated carbocycles. The predicted octanol–water partition coefficient (Wildman–Crippen LogP) is 3.73. The van der Waals surface area contributed by atoms with E-state index in [0.717, 1.165) is 5.56 Å². The minimum absolute atomic E-state index is 0.0587. The minimum atomic E-state index is -0.893. The van der Waals surface area contributed by atoms with E-state index in [0.29, 0.717) is 31.6 Å². The summed E-state index contributed by atoms with van der Waals surface area (Å²) in [6.07, 6.45) is 1.07. The van der Waals surface area contributed by atoms with Crippen LogP contribution in [-0.2, 0) is 11.8 Å². The highest BCUT2D eigenvalue weighted by molar-refractivity contribution is 5.65. The molecular formula is C20H26N2O4. The SMILES string of the molecule is CC(C)(C)c1ccc(C[C@H]2C[C@H](c3cc(=O)[nH]o3)CCN2C(=O)O)cc1. The highest BCUT2D eigenvalue weighted by Crippen LogP contribution is 2.33. The van der Waals surface area contributed by atoms with Crippen LogP contribution in [0.1, 0.15) is 56.4 Å². The molecule has 0 bridgehead atoms. The van der Waals surface area contributed by atoms with Crippen LogP contribution in [0.25, 0.3) is 0 Å². The van der Waals surface area contributed by atoms with Crippen molar-refractivity contribution in [1.29, 1.82) is 0 Å². The average molecular weight is 358 g/mol. The van der Waals surface area contributed by atoms with Crippen molar-refractivity contribution in [3.63, 3.8) is 0 Å². The van der Waals surface area contributed by atoms with Gasteiger partial charge in [-0.2, -0.15) is 5.16 Å². The summed E-state index contributed by atoms with van der Waals surface area (Å²) in [7, 11) is 0. The topological polar surface area (TPSA) is 86.5 Å². The zero-order valence-electron chi connectivity index (χ0n) is 15.5. The fourth-order valence-corrected chi connectivity index (χ4v) is 3.67. The van der Waals surface area contributed by atoms with E-state index in [2.05, 4.69) is 50.2 Å². The molecule has 1 aromatic carbocycles. The number of nitrogens with zero attached hydrogens (tertiary/aromatic N) is 1. The van der Waals surface area contributed by atoms with E-state index in [1.165, 1.54) is 16.5 Å². The normalized spacial score (nSPS) is 21.0. The molecule has 26 heavy (non-hydrogen) atoms. The number of benzene rings is 1. The van der Waals surface area contributed by atoms with Gasteiger partial charge in [-0.15, -0.1) is 0 Å². The zero-order chi connectivity index (χ0) is 18.9. The van der Waals surface area contributed by atoms with Gasteiger partial charge in [0.05, 0.1) is 0 Å². The number of H-pyrrole nitrogens is 1. The van der Waals surface area contributed by atoms with Crippen molar-refractivity contribution in [2.75, 3.05) is 6.54 Å². The molecule has 1 amide bonds. The summed E-state index contributed by atoms with van der Waals surface area (Å²) < 4.78 is 5.25. The average Bonchev–Trinajstić information content (AvgIpc) is 3.01. The van der Waals surface area contributed by atoms with Crippen LogP contribution in [0, 0.1) is 0 Å². The molecule has 0 radical (unpaired) electrons. The Kier molecular flexibility index (Phi) is 4.94. The third kappa shape index (κ3) is 4.00. The Morgan fingerprint density at radius 2 is 2.00 bits per heavy atom. The molecule has 1 aliphatic rings. The second-order valence-electron chi connectivity index (χ2n) is 8.12. The minimum Gasteiger partial charge on any atom is -0.465 e. The van der Waals surface area contributed by atoms with Gasteiger partial charge in [0.15, 0.2) is 0 Å². The van der Waals surface area contributed by atoms with Crippen LogP contribution in [0.5, 0.6) is 0 Å². The van der Waals surface area contributed by atoms with Gasteiger partial charge in [-0.25, -0.2) is 4.79 Å². The fraction of sp³-hybridized carbons (Fsp3) is 0.500. The summed E-state index contributed by atoms with van der Waals surface area (Å²) in [5.74, 6) is 0.677. The number of amides is 1. The first kappa shape index (κ1) is 18.3. The summed E-state index contributed by atoms with van der Waals surface area (Å²) in [5.41, 5.74) is 2.21. The van der Waals surface area contributed by atoms with Crippen molar-refractivity contribution in [2.24, 2.45) is 0 Å². The third-order valence-corrected chi connectivity index (χ3v) is 5.20. The largest absolute Gasteiger partial charge is 0.465 e. The van der Waals surface area contributed by atoms with Crippen LogP contribution in [0.3, 0.4) is 0 Å². The highest BCUT2D eigenvalue weighted by Gasteiger charge is 2.33. The van der Waals surface area contributed by atoms with E-state index < -0.39 is 6.09 Å². The summed E-state index contributed by atoms with van der Waals surface area (Å²) in [5, 5.41) is 11.9. The number of hydrogen-bond donors (Lipinski definition) is 2. The summed E-state index contributed by atoms with van der Waals surface area (Å²) >= 11 is 0. The van der Waals surface area contributed by atoms with E-state index in [9.17, 15) is 14.7 Å². The van der Waals surface area contributed by atoms with Gasteiger partial charge in [0.2, 0.25) is 0 Å². The Bertz CT molecular complexity index is 813. The van der Waals surface area contributed by atoms with Gasteiger partial charge in [-0.1, -0.05) is 45.0 Å². The number of aromatic nitrogens is 1. The molecule has 1 aliphatic heterocycles. The van der Waals surface area contributed by atoms with Crippen LogP contribution in [-0.4, -0.2) is 33.8 Å². The molecule has 1 aromatic heterocycles. The van der Waals surface area contributed by atoms with Gasteiger partial charge in [0, 0.05) is 24.6 Å². The molecule has 3 rings (SSSR count). The second kappa shape index (κ2) is 7.02. The van der Waals surface area contributed by atoms with Gasteiger partial charge in [-0.05, 0) is 35.8 Å². The highest BCUT2D eigenvalue weighted by atomic mass is 16.5. The quantitative estimate of drug-likeness (QED) is 0.875. The summed E-state index contributed by atoms with van der Waals surface area (Å²) in [6, 6.07) is 9.74. The van der Waals surface area contributed by atoms with Crippen molar-refractivity contribution in [2.45, 2.75) is 57.4 Å². The Morgan fingerprint density at radius 3 is 2.54 bits per heavy atom. The van der Waals surface area contributed by atoms with E-state index in [1.807, 2.05) is 0 Å². The second-order valence-corrected chi connectivity index (χ2v) is 8.12. The first-order valence-electron chi connectivity index (χ1n) is 9.01. The lowest BCUT2D eigenvalue weighted by molar-refractivity contribution is 0.0968. The lowest BCUT2D eigenvalue weighted by Gasteiger charge is -2.37. The van der Waals surface area contributed by atoms with Crippen molar-refractivity contribution < 1.29 is 14.4 Å². The van der Waals surface area contributed by atoms with Crippen molar-refractivity contribution in [3.8, 4) is 0 Å². The zero-order valence-corrected chi connectivity index (χ0v) is 15.5. The Hall–Kier alpha value is -2.50. The van der Waals surface area contributed by atoms with Gasteiger partial charge in [0.25, 0.3) is 5.56 Å². The maximum absolute atomic E-state index is 11.6. The van der Waals surface area contributed by atoms with Crippen LogP contribution >= 0.6 is 0 Å². The molecule has 6 heteroatoms. The number of hydrogen-bond acceptors (Lipinski definition) is 3. The molecular weight excluding hydrogens is 332 g/mol. The standard InChI is InChI=1S/C20H26N2O4/c1-20(2,3)15-6-4-13(5-7-15)10-16-11-14(8-9-22(16)19(24)25)17-12-18(23)21-26-17/h4-7,12,14,16H,8-11H2,1-3H3,(H,21,23)(H,24,25)/t14-,16+/m1/s1. The summed E-state index contributed by atoms with van der Waals surface area (Å²) in [6.45, 7) is 6.96. The van der Waals surface area contributed by atoms with Gasteiger partial charge < -0.3 is 14.5 Å². The molecule has 1 saturated heterocycles. The van der Waals surface area contributed by atoms with Crippen molar-refractivity contribution in [3.05, 3.63) is 57.6 Å². The molecule has 2 heterocycles. The van der Waals surface area contributed by atoms with Crippen LogP contribution in [0.4, 0.5) is 4.79 Å². The number of piperidine rings is 1. The number of rotatable bonds is 3. The lowest BCUT2D eigenvalue weighted by Crippen LogP contribution is -2.46. The maximum Gasteiger partial charge on any atom is 0.407 e. The number of carboxylic acid groups (broad SMARTS) is 1. The molecule has 0 aliphatic carbocycles. The van der Waals surface area contributed by atoms with E-state index in [4.69, 9.17) is 4.52 Å². The van der Waals surface area contributed by atoms with Gasteiger partial charge in [-0.3, -0.25) is 4.79 Å². The molecule has 1 fully saturated rings. The number of nitrogens with one attached hydrogen (secondary N) is 1. The number of aromatic amines is 1. The van der Waals surface area contributed by atoms with Gasteiger partial charge in [0.1, 0.15) is 5.76 Å². The fourth-order valence-electron chi connectivity index (χ4n) is 3.67. The molecule has 2 aromatic rings. The van der Waals surface area contributed by atoms with Crippen molar-refractivity contribution >= 4 is 6.09 Å². The van der Waals surface area contributed by atoms with E-state index >= 15 is 0 Å². The Labute approximate surface area is 152 Å². The summed E-state index contributed by atoms with van der Waals surface area (Å²) in [4.78, 5) is 24.5. The predicted molar refractivity (Wildman–Crippen MR) is 98.7 cm³/mol. The molecule has 6 nitrogen and oxygen atoms in total. The van der Waals surface area contributed by atoms with Crippen molar-refractivity contribution in [1.82, 2.24) is 10.1 Å². The molecule has 140 valence electrons. The molecule has 0 spiro atoms. The number of likely N-dealkylation sites (tertiary alicyclic amines) is 1. The molecule has 2 atom stereocenters. The van der Waals surface area contributed by atoms with Gasteiger partial charge >= 0.3 is 6.09 Å². The van der Waals surface area contributed by atoms with Crippen LogP contribution in [0.15, 0.2) is 39.6 Å². The number of carbonyl (C=O) groups is 1. The Balaban J connectivity index is 1.77. The first-order valence-corrected chi connectivity index (χ1v) is 9.01.